The third-order valence-electron chi connectivity index (χ3n) is 5.21. The van der Waals surface area contributed by atoms with Crippen molar-refractivity contribution < 1.29 is 9.53 Å². The number of carbonyl (C=O) groups excluding carboxylic acids is 1. The van der Waals surface area contributed by atoms with Crippen molar-refractivity contribution in [2.45, 2.75) is 32.4 Å². The largest absolute Gasteiger partial charge is 0.486 e. The molecule has 1 atom stereocenters. The molecule has 0 saturated carbocycles. The summed E-state index contributed by atoms with van der Waals surface area (Å²) < 4.78 is 5.86. The predicted octanol–water partition coefficient (Wildman–Crippen LogP) is 7.04. The van der Waals surface area contributed by atoms with Crippen LogP contribution in [0.2, 0.25) is 10.0 Å². The molecule has 170 valence electrons. The third kappa shape index (κ3) is 6.05. The van der Waals surface area contributed by atoms with Crippen LogP contribution >= 0.6 is 35.0 Å². The second kappa shape index (κ2) is 10.6. The van der Waals surface area contributed by atoms with Gasteiger partial charge >= 0.3 is 0 Å². The van der Waals surface area contributed by atoms with Crippen molar-refractivity contribution in [2.75, 3.05) is 5.32 Å². The molecule has 1 fully saturated rings. The Morgan fingerprint density at radius 2 is 1.67 bits per heavy atom. The molecule has 0 radical (unpaired) electrons. The fourth-order valence-electron chi connectivity index (χ4n) is 3.35. The first-order chi connectivity index (χ1) is 15.9. The molecule has 33 heavy (non-hydrogen) atoms. The Morgan fingerprint density at radius 1 is 1.03 bits per heavy atom. The molecule has 3 aromatic carbocycles. The van der Waals surface area contributed by atoms with Gasteiger partial charge in [-0.3, -0.25) is 4.79 Å². The summed E-state index contributed by atoms with van der Waals surface area (Å²) >= 11 is 14.3. The number of halogens is 2. The fourth-order valence-corrected chi connectivity index (χ4v) is 4.94. The van der Waals surface area contributed by atoms with Crippen molar-refractivity contribution in [3.63, 3.8) is 0 Å². The van der Waals surface area contributed by atoms with Crippen molar-refractivity contribution in [1.82, 2.24) is 5.32 Å². The Morgan fingerprint density at radius 3 is 2.30 bits per heavy atom. The van der Waals surface area contributed by atoms with Gasteiger partial charge in [0.2, 0.25) is 0 Å². The molecule has 2 N–H and O–H groups in total. The van der Waals surface area contributed by atoms with Crippen molar-refractivity contribution in [3.05, 3.63) is 97.9 Å². The monoisotopic (exact) mass is 498 g/mol. The number of hydrogen-bond donors (Lipinski definition) is 2. The molecule has 7 heteroatoms. The van der Waals surface area contributed by atoms with Gasteiger partial charge < -0.3 is 15.4 Å². The topological polar surface area (TPSA) is 50.4 Å². The molecule has 1 aliphatic heterocycles. The van der Waals surface area contributed by atoms with Crippen LogP contribution in [0.25, 0.3) is 6.08 Å². The smallest absolute Gasteiger partial charge is 0.260 e. The first-order valence-corrected chi connectivity index (χ1v) is 12.3. The Hall–Kier alpha value is -2.60. The standard InChI is InChI=1S/C26H24Cl2N2O2S/c1-3-17-8-10-20(11-9-17)29-26-30-25(31)23(33-26)14-19-12-21(27)24(22(28)13-19)32-15-18-6-4-16(2)5-7-18/h4-14,26,29H,3,15H2,1-2H3,(H,30,31)/b23-14-/t26-/m1/s1. The van der Waals surface area contributed by atoms with Crippen LogP contribution in [-0.2, 0) is 17.8 Å². The lowest BCUT2D eigenvalue weighted by Crippen LogP contribution is -2.30. The minimum Gasteiger partial charge on any atom is -0.486 e. The number of ether oxygens (including phenoxy) is 1. The van der Waals surface area contributed by atoms with E-state index in [1.54, 1.807) is 18.2 Å². The number of hydrogen-bond acceptors (Lipinski definition) is 4. The molecule has 1 amide bonds. The predicted molar refractivity (Wildman–Crippen MR) is 139 cm³/mol. The highest BCUT2D eigenvalue weighted by Gasteiger charge is 2.27. The molecule has 1 saturated heterocycles. The van der Waals surface area contributed by atoms with Gasteiger partial charge in [0.05, 0.1) is 15.0 Å². The van der Waals surface area contributed by atoms with E-state index < -0.39 is 0 Å². The van der Waals surface area contributed by atoms with Crippen LogP contribution in [0, 0.1) is 6.92 Å². The second-order valence-corrected chi connectivity index (χ2v) is 9.72. The van der Waals surface area contributed by atoms with Gasteiger partial charge in [-0.25, -0.2) is 0 Å². The van der Waals surface area contributed by atoms with Gasteiger partial charge in [-0.05, 0) is 60.4 Å². The van der Waals surface area contributed by atoms with Crippen LogP contribution in [0.15, 0.2) is 65.6 Å². The van der Waals surface area contributed by atoms with Crippen molar-refractivity contribution >= 4 is 52.6 Å². The van der Waals surface area contributed by atoms with Crippen LogP contribution in [-0.4, -0.2) is 11.4 Å². The van der Waals surface area contributed by atoms with E-state index in [9.17, 15) is 4.79 Å². The molecule has 1 aliphatic rings. The normalized spacial score (nSPS) is 16.7. The molecule has 0 bridgehead atoms. The number of carbonyl (C=O) groups is 1. The summed E-state index contributed by atoms with van der Waals surface area (Å²) in [6.07, 6.45) is 2.77. The zero-order chi connectivity index (χ0) is 23.4. The van der Waals surface area contributed by atoms with Crippen molar-refractivity contribution in [3.8, 4) is 5.75 Å². The Balaban J connectivity index is 1.43. The molecule has 1 heterocycles. The minimum absolute atomic E-state index is 0.144. The zero-order valence-electron chi connectivity index (χ0n) is 18.3. The molecule has 4 nitrogen and oxygen atoms in total. The Kier molecular flexibility index (Phi) is 7.53. The summed E-state index contributed by atoms with van der Waals surface area (Å²) in [4.78, 5) is 13.1. The van der Waals surface area contributed by atoms with Crippen LogP contribution in [0.3, 0.4) is 0 Å². The number of anilines is 1. The van der Waals surface area contributed by atoms with E-state index >= 15 is 0 Å². The highest BCUT2D eigenvalue weighted by molar-refractivity contribution is 8.05. The molecule has 0 unspecified atom stereocenters. The van der Waals surface area contributed by atoms with Gasteiger partial charge in [-0.2, -0.15) is 0 Å². The van der Waals surface area contributed by atoms with E-state index in [2.05, 4.69) is 29.7 Å². The van der Waals surface area contributed by atoms with Gasteiger partial charge in [0, 0.05) is 5.69 Å². The maximum absolute atomic E-state index is 12.5. The van der Waals surface area contributed by atoms with Crippen LogP contribution in [0.1, 0.15) is 29.2 Å². The van der Waals surface area contributed by atoms with E-state index in [0.717, 1.165) is 23.2 Å². The zero-order valence-corrected chi connectivity index (χ0v) is 20.7. The van der Waals surface area contributed by atoms with E-state index in [1.807, 2.05) is 43.3 Å². The molecular weight excluding hydrogens is 475 g/mol. The Bertz CT molecular complexity index is 1150. The molecule has 3 aromatic rings. The number of aryl methyl sites for hydroxylation is 2. The van der Waals surface area contributed by atoms with Crippen molar-refractivity contribution in [1.29, 1.82) is 0 Å². The SMILES string of the molecule is CCc1ccc(N[C@@H]2NC(=O)/C(=C/c3cc(Cl)c(OCc4ccc(C)cc4)c(Cl)c3)S2)cc1. The third-order valence-corrected chi connectivity index (χ3v) is 6.80. The van der Waals surface area contributed by atoms with Gasteiger partial charge in [-0.1, -0.05) is 83.8 Å². The maximum Gasteiger partial charge on any atom is 0.260 e. The van der Waals surface area contributed by atoms with E-state index in [-0.39, 0.29) is 11.4 Å². The van der Waals surface area contributed by atoms with E-state index in [0.29, 0.717) is 27.3 Å². The van der Waals surface area contributed by atoms with E-state index in [4.69, 9.17) is 27.9 Å². The molecular formula is C26H24Cl2N2O2S. The number of benzene rings is 3. The molecule has 0 aromatic heterocycles. The number of rotatable bonds is 7. The lowest BCUT2D eigenvalue weighted by Gasteiger charge is -2.13. The number of thioether (sulfide) groups is 1. The summed E-state index contributed by atoms with van der Waals surface area (Å²) in [7, 11) is 0. The van der Waals surface area contributed by atoms with Crippen molar-refractivity contribution in [2.24, 2.45) is 0 Å². The molecule has 0 aliphatic carbocycles. The van der Waals surface area contributed by atoms with Crippen LogP contribution in [0.5, 0.6) is 5.75 Å². The van der Waals surface area contributed by atoms with Gasteiger partial charge in [0.15, 0.2) is 11.2 Å². The highest BCUT2D eigenvalue weighted by atomic mass is 35.5. The lowest BCUT2D eigenvalue weighted by atomic mass is 10.1. The summed E-state index contributed by atoms with van der Waals surface area (Å²) in [5.41, 5.74) is 4.92. The summed E-state index contributed by atoms with van der Waals surface area (Å²) in [5.74, 6) is 0.286. The van der Waals surface area contributed by atoms with E-state index in [1.165, 1.54) is 22.9 Å². The average molecular weight is 499 g/mol. The summed E-state index contributed by atoms with van der Waals surface area (Å²) in [5, 5.41) is 7.06. The number of nitrogens with one attached hydrogen (secondary N) is 2. The van der Waals surface area contributed by atoms with Gasteiger partial charge in [-0.15, -0.1) is 0 Å². The van der Waals surface area contributed by atoms with Crippen LogP contribution < -0.4 is 15.4 Å². The summed E-state index contributed by atoms with van der Waals surface area (Å²) in [6, 6.07) is 19.8. The Labute approximate surface area is 208 Å². The maximum atomic E-state index is 12.5. The fraction of sp³-hybridized carbons (Fsp3) is 0.192. The number of amides is 1. The van der Waals surface area contributed by atoms with Crippen LogP contribution in [0.4, 0.5) is 5.69 Å². The first-order valence-electron chi connectivity index (χ1n) is 10.6. The minimum atomic E-state index is -0.251. The first kappa shape index (κ1) is 23.6. The second-order valence-electron chi connectivity index (χ2n) is 7.76. The van der Waals surface area contributed by atoms with Gasteiger partial charge in [0.1, 0.15) is 6.61 Å². The quantitative estimate of drug-likeness (QED) is 0.342. The lowest BCUT2D eigenvalue weighted by molar-refractivity contribution is -0.116. The molecule has 0 spiro atoms. The van der Waals surface area contributed by atoms with Gasteiger partial charge in [0.25, 0.3) is 5.91 Å². The summed E-state index contributed by atoms with van der Waals surface area (Å²) in [6.45, 7) is 4.52. The molecule has 4 rings (SSSR count). The average Bonchev–Trinajstić information content (AvgIpc) is 3.13. The highest BCUT2D eigenvalue weighted by Crippen LogP contribution is 2.37.